The quantitative estimate of drug-likeness (QED) is 0.269. The summed E-state index contributed by atoms with van der Waals surface area (Å²) in [6.07, 6.45) is 6.43. The molecule has 0 N–H and O–H groups in total. The summed E-state index contributed by atoms with van der Waals surface area (Å²) in [6.45, 7) is 0. The van der Waals surface area contributed by atoms with Gasteiger partial charge >= 0.3 is 0 Å². The number of aldehydes is 1. The van der Waals surface area contributed by atoms with Crippen molar-refractivity contribution in [1.82, 2.24) is 19.6 Å². The fraction of sp³-hybridized carbons (Fsp3) is 0.143. The molecule has 0 fully saturated rings. The predicted octanol–water partition coefficient (Wildman–Crippen LogP) is 3.70. The van der Waals surface area contributed by atoms with Gasteiger partial charge in [-0.05, 0) is 29.8 Å². The summed E-state index contributed by atoms with van der Waals surface area (Å²) in [5, 5.41) is 5.07. The van der Waals surface area contributed by atoms with Crippen LogP contribution in [0.3, 0.4) is 0 Å². The summed E-state index contributed by atoms with van der Waals surface area (Å²) in [5.74, 6) is 0. The number of nitrogens with zero attached hydrogens (tertiary/aromatic N) is 4. The van der Waals surface area contributed by atoms with Crippen LogP contribution in [0.1, 0.15) is 17.6 Å². The molecule has 3 aromatic heterocycles. The average Bonchev–Trinajstić information content (AvgIpc) is 3.14. The van der Waals surface area contributed by atoms with Gasteiger partial charge in [-0.2, -0.15) is 5.10 Å². The minimum atomic E-state index is -1.28. The molecule has 0 saturated carbocycles. The van der Waals surface area contributed by atoms with E-state index in [1.807, 2.05) is 53.2 Å². The number of carbonyl (C=O) groups excluding carboxylic acids is 1. The summed E-state index contributed by atoms with van der Waals surface area (Å²) in [7, 11) is 1.43. The van der Waals surface area contributed by atoms with Gasteiger partial charge < -0.3 is 4.79 Å². The van der Waals surface area contributed by atoms with E-state index in [9.17, 15) is 9.00 Å². The molecule has 3 heterocycles. The minimum Gasteiger partial charge on any atom is -0.303 e. The molecular formula is C21H19N4O2PS. The lowest BCUT2D eigenvalue weighted by Gasteiger charge is -2.10. The molecular weight excluding hydrogens is 403 g/mol. The number of rotatable bonds is 6. The highest BCUT2D eigenvalue weighted by molar-refractivity contribution is 7.84. The number of aromatic nitrogens is 4. The lowest BCUT2D eigenvalue weighted by atomic mass is 10.00. The molecule has 0 spiro atoms. The van der Waals surface area contributed by atoms with Gasteiger partial charge in [-0.3, -0.25) is 4.21 Å². The molecule has 0 aliphatic heterocycles. The largest absolute Gasteiger partial charge is 0.303 e. The molecule has 0 radical (unpaired) electrons. The lowest BCUT2D eigenvalue weighted by molar-refractivity contribution is -0.107. The van der Waals surface area contributed by atoms with Crippen molar-refractivity contribution in [2.24, 2.45) is 0 Å². The van der Waals surface area contributed by atoms with Crippen LogP contribution in [0.25, 0.3) is 28.0 Å². The Kier molecular flexibility index (Phi) is 5.60. The molecule has 0 aliphatic rings. The van der Waals surface area contributed by atoms with Crippen LogP contribution in [0.2, 0.25) is 0 Å². The molecule has 0 bridgehead atoms. The fourth-order valence-corrected chi connectivity index (χ4v) is 3.98. The van der Waals surface area contributed by atoms with Gasteiger partial charge in [0, 0.05) is 36.3 Å². The highest BCUT2D eigenvalue weighted by Gasteiger charge is 2.19. The maximum atomic E-state index is 11.9. The second-order valence-corrected chi connectivity index (χ2v) is 8.65. The van der Waals surface area contributed by atoms with Crippen molar-refractivity contribution in [2.75, 3.05) is 6.26 Å². The van der Waals surface area contributed by atoms with Crippen LogP contribution in [0.15, 0.2) is 66.1 Å². The van der Waals surface area contributed by atoms with Crippen LogP contribution < -0.4 is 0 Å². The first-order valence-corrected chi connectivity index (χ1v) is 11.2. The molecule has 0 aliphatic carbocycles. The third-order valence-electron chi connectivity index (χ3n) is 4.63. The van der Waals surface area contributed by atoms with Crippen molar-refractivity contribution < 1.29 is 9.00 Å². The van der Waals surface area contributed by atoms with Crippen molar-refractivity contribution in [3.8, 4) is 22.5 Å². The molecule has 4 rings (SSSR count). The van der Waals surface area contributed by atoms with Gasteiger partial charge in [0.25, 0.3) is 0 Å². The number of pyridine rings is 1. The number of hydrogen-bond donors (Lipinski definition) is 0. The van der Waals surface area contributed by atoms with Crippen LogP contribution in [-0.4, -0.2) is 36.3 Å². The third-order valence-corrected chi connectivity index (χ3v) is 5.99. The van der Waals surface area contributed by atoms with Gasteiger partial charge in [-0.1, -0.05) is 24.3 Å². The Morgan fingerprint density at radius 1 is 1.21 bits per heavy atom. The van der Waals surface area contributed by atoms with Crippen molar-refractivity contribution in [2.45, 2.75) is 17.2 Å². The first-order chi connectivity index (χ1) is 14.1. The summed E-state index contributed by atoms with van der Waals surface area (Å²) in [4.78, 5) is 19.6. The topological polar surface area (TPSA) is 77.2 Å². The number of fused-ring (bicyclic) bond motifs is 1. The van der Waals surface area contributed by atoms with E-state index < -0.39 is 10.8 Å². The van der Waals surface area contributed by atoms with Crippen LogP contribution in [0.4, 0.5) is 0 Å². The molecule has 0 amide bonds. The second-order valence-electron chi connectivity index (χ2n) is 6.57. The van der Waals surface area contributed by atoms with E-state index in [0.29, 0.717) is 12.1 Å². The van der Waals surface area contributed by atoms with E-state index in [0.717, 1.165) is 34.2 Å². The van der Waals surface area contributed by atoms with Crippen LogP contribution in [0.5, 0.6) is 0 Å². The summed E-state index contributed by atoms with van der Waals surface area (Å²) in [6, 6.07) is 15.7. The van der Waals surface area contributed by atoms with E-state index in [1.54, 1.807) is 18.5 Å². The smallest absolute Gasteiger partial charge is 0.218 e. The zero-order chi connectivity index (χ0) is 20.4. The molecule has 8 heteroatoms. The van der Waals surface area contributed by atoms with Gasteiger partial charge in [-0.15, -0.1) is 9.24 Å². The van der Waals surface area contributed by atoms with E-state index in [1.165, 1.54) is 0 Å². The Hall–Kier alpha value is -2.76. The molecule has 0 saturated heterocycles. The lowest BCUT2D eigenvalue weighted by Crippen LogP contribution is -1.98. The summed E-state index contributed by atoms with van der Waals surface area (Å²) < 4.78 is 13.7. The minimum absolute atomic E-state index is 0.0427. The maximum absolute atomic E-state index is 11.9. The Labute approximate surface area is 173 Å². The summed E-state index contributed by atoms with van der Waals surface area (Å²) >= 11 is 0. The monoisotopic (exact) mass is 422 g/mol. The summed E-state index contributed by atoms with van der Waals surface area (Å²) in [5.41, 5.74) is 5.20. The number of carbonyl (C=O) groups is 1. The maximum Gasteiger partial charge on any atom is 0.218 e. The van der Waals surface area contributed by atoms with E-state index in [2.05, 4.69) is 19.2 Å². The van der Waals surface area contributed by atoms with Crippen molar-refractivity contribution >= 4 is 31.8 Å². The molecule has 146 valence electrons. The number of hydrogen-bond acceptors (Lipinski definition) is 5. The first kappa shape index (κ1) is 19.6. The molecule has 4 aromatic rings. The zero-order valence-corrected chi connectivity index (χ0v) is 17.7. The van der Waals surface area contributed by atoms with E-state index in [4.69, 9.17) is 5.10 Å². The highest BCUT2D eigenvalue weighted by Crippen LogP contribution is 2.36. The molecule has 29 heavy (non-hydrogen) atoms. The van der Waals surface area contributed by atoms with Crippen molar-refractivity contribution in [1.29, 1.82) is 0 Å². The van der Waals surface area contributed by atoms with Crippen LogP contribution >= 0.6 is 9.24 Å². The SMILES string of the molecule is CS(=O)c1nccc(-c2c(-c3cccc(C(P)CC=O)c3)nn3ccccc23)n1. The van der Waals surface area contributed by atoms with Crippen LogP contribution in [-0.2, 0) is 15.6 Å². The average molecular weight is 422 g/mol. The van der Waals surface area contributed by atoms with Gasteiger partial charge in [0.15, 0.2) is 0 Å². The normalized spacial score (nSPS) is 13.3. The second kappa shape index (κ2) is 8.31. The van der Waals surface area contributed by atoms with Crippen molar-refractivity contribution in [3.63, 3.8) is 0 Å². The molecule has 6 nitrogen and oxygen atoms in total. The fourth-order valence-electron chi connectivity index (χ4n) is 3.23. The molecule has 3 atom stereocenters. The highest BCUT2D eigenvalue weighted by atomic mass is 32.2. The number of benzene rings is 1. The first-order valence-electron chi connectivity index (χ1n) is 9.02. The van der Waals surface area contributed by atoms with Gasteiger partial charge in [0.1, 0.15) is 12.0 Å². The predicted molar refractivity (Wildman–Crippen MR) is 117 cm³/mol. The Morgan fingerprint density at radius 3 is 2.86 bits per heavy atom. The van der Waals surface area contributed by atoms with E-state index >= 15 is 0 Å². The Bertz CT molecular complexity index is 1220. The molecule has 3 unspecified atom stereocenters. The van der Waals surface area contributed by atoms with E-state index in [-0.39, 0.29) is 10.8 Å². The van der Waals surface area contributed by atoms with Crippen molar-refractivity contribution in [3.05, 3.63) is 66.5 Å². The standard InChI is InChI=1S/C21H19N4O2PS/c1-29(27)21-22-10-8-16(23-21)19-17-7-2-3-11-25(17)24-20(19)15-6-4-5-14(13-15)18(28)9-12-26/h2-8,10-13,18H,9,28H2,1H3. The zero-order valence-electron chi connectivity index (χ0n) is 15.7. The van der Waals surface area contributed by atoms with Gasteiger partial charge in [0.2, 0.25) is 5.16 Å². The van der Waals surface area contributed by atoms with Gasteiger partial charge in [-0.25, -0.2) is 14.5 Å². The van der Waals surface area contributed by atoms with Crippen LogP contribution in [0, 0.1) is 0 Å². The Balaban J connectivity index is 1.94. The van der Waals surface area contributed by atoms with Gasteiger partial charge in [0.05, 0.1) is 27.6 Å². The Morgan fingerprint density at radius 2 is 2.07 bits per heavy atom. The molecule has 1 aromatic carbocycles. The third kappa shape index (κ3) is 3.88.